The van der Waals surface area contributed by atoms with Crippen LogP contribution in [0.15, 0.2) is 53.1 Å². The van der Waals surface area contributed by atoms with Crippen molar-refractivity contribution in [2.75, 3.05) is 38.2 Å². The molecule has 1 aliphatic rings. The quantitative estimate of drug-likeness (QED) is 0.450. The fourth-order valence-corrected chi connectivity index (χ4v) is 3.83. The molecule has 0 N–H and O–H groups in total. The molecule has 0 atom stereocenters. The lowest BCUT2D eigenvalue weighted by Crippen LogP contribution is -2.49. The molecular formula is C22H19F3N6O3. The number of aromatic nitrogens is 4. The molecule has 0 bridgehead atoms. The van der Waals surface area contributed by atoms with Gasteiger partial charge in [0, 0.05) is 37.9 Å². The predicted octanol–water partition coefficient (Wildman–Crippen LogP) is 3.37. The number of carbonyl (C=O) groups is 1. The smallest absolute Gasteiger partial charge is 0.433 e. The monoisotopic (exact) mass is 472 g/mol. The van der Waals surface area contributed by atoms with Gasteiger partial charge < -0.3 is 19.0 Å². The topological polar surface area (TPSA) is 89.0 Å². The number of fused-ring (bicyclic) bond motifs is 1. The number of carbonyl (C=O) groups excluding carboxylic acids is 1. The zero-order valence-electron chi connectivity index (χ0n) is 18.0. The number of methoxy groups -OCH3 is 1. The van der Waals surface area contributed by atoms with Gasteiger partial charge in [-0.1, -0.05) is 6.07 Å². The fourth-order valence-electron chi connectivity index (χ4n) is 3.83. The molecule has 1 fully saturated rings. The van der Waals surface area contributed by atoms with Gasteiger partial charge in [-0.25, -0.2) is 4.98 Å². The number of piperazine rings is 1. The van der Waals surface area contributed by atoms with E-state index in [0.717, 1.165) is 17.5 Å². The Hall–Kier alpha value is -4.09. The summed E-state index contributed by atoms with van der Waals surface area (Å²) in [5, 5.41) is 3.85. The highest BCUT2D eigenvalue weighted by Gasteiger charge is 2.37. The summed E-state index contributed by atoms with van der Waals surface area (Å²) in [7, 11) is 1.59. The highest BCUT2D eigenvalue weighted by molar-refractivity contribution is 5.91. The van der Waals surface area contributed by atoms with Crippen LogP contribution in [-0.2, 0) is 6.18 Å². The minimum Gasteiger partial charge on any atom is -0.497 e. The number of anilines is 1. The molecule has 0 radical (unpaired) electrons. The molecule has 1 aromatic carbocycles. The Morgan fingerprint density at radius 2 is 1.85 bits per heavy atom. The Morgan fingerprint density at radius 3 is 2.53 bits per heavy atom. The maximum absolute atomic E-state index is 13.7. The SMILES string of the molecule is COc1cccc(N2CCN(C(=O)c3nc4nc(-c5ccco5)cc(C(F)(F)F)n4n3)CC2)c1. The molecule has 0 aliphatic carbocycles. The fraction of sp³-hybridized carbons (Fsp3) is 0.273. The number of rotatable bonds is 4. The molecule has 1 aliphatic heterocycles. The number of halogens is 3. The van der Waals surface area contributed by atoms with Crippen LogP contribution in [-0.4, -0.2) is 63.7 Å². The third kappa shape index (κ3) is 4.02. The number of amides is 1. The Balaban J connectivity index is 1.39. The maximum atomic E-state index is 13.7. The van der Waals surface area contributed by atoms with Gasteiger partial charge in [-0.05, 0) is 30.3 Å². The lowest BCUT2D eigenvalue weighted by molar-refractivity contribution is -0.142. The molecule has 34 heavy (non-hydrogen) atoms. The van der Waals surface area contributed by atoms with Crippen LogP contribution in [0.4, 0.5) is 18.9 Å². The molecule has 0 spiro atoms. The number of hydrogen-bond donors (Lipinski definition) is 0. The average Bonchev–Trinajstić information content (AvgIpc) is 3.52. The van der Waals surface area contributed by atoms with E-state index in [0.29, 0.717) is 30.7 Å². The second-order valence-corrected chi connectivity index (χ2v) is 7.63. The summed E-state index contributed by atoms with van der Waals surface area (Å²) in [6, 6.07) is 11.4. The number of alkyl halides is 3. The molecule has 0 saturated carbocycles. The number of nitrogens with zero attached hydrogens (tertiary/aromatic N) is 6. The first-order valence-corrected chi connectivity index (χ1v) is 10.4. The van der Waals surface area contributed by atoms with E-state index < -0.39 is 17.8 Å². The summed E-state index contributed by atoms with van der Waals surface area (Å²) in [5.41, 5.74) is -0.191. The molecular weight excluding hydrogens is 453 g/mol. The Morgan fingerprint density at radius 1 is 1.06 bits per heavy atom. The van der Waals surface area contributed by atoms with E-state index >= 15 is 0 Å². The van der Waals surface area contributed by atoms with Gasteiger partial charge in [-0.3, -0.25) is 4.79 Å². The van der Waals surface area contributed by atoms with Gasteiger partial charge in [0.15, 0.2) is 11.5 Å². The first-order valence-electron chi connectivity index (χ1n) is 10.4. The third-order valence-electron chi connectivity index (χ3n) is 5.55. The van der Waals surface area contributed by atoms with Crippen molar-refractivity contribution in [3.8, 4) is 17.2 Å². The van der Waals surface area contributed by atoms with E-state index in [2.05, 4.69) is 20.0 Å². The third-order valence-corrected chi connectivity index (χ3v) is 5.55. The van der Waals surface area contributed by atoms with Crippen molar-refractivity contribution in [1.29, 1.82) is 0 Å². The Labute approximate surface area is 191 Å². The van der Waals surface area contributed by atoms with Crippen molar-refractivity contribution in [2.45, 2.75) is 6.18 Å². The van der Waals surface area contributed by atoms with Crippen molar-refractivity contribution < 1.29 is 27.1 Å². The predicted molar refractivity (Wildman–Crippen MR) is 115 cm³/mol. The van der Waals surface area contributed by atoms with Gasteiger partial charge in [0.2, 0.25) is 5.82 Å². The van der Waals surface area contributed by atoms with Crippen molar-refractivity contribution in [3.63, 3.8) is 0 Å². The second kappa shape index (κ2) is 8.36. The van der Waals surface area contributed by atoms with E-state index in [-0.39, 0.29) is 23.1 Å². The van der Waals surface area contributed by atoms with E-state index in [1.165, 1.54) is 17.2 Å². The zero-order chi connectivity index (χ0) is 23.9. The molecule has 0 unspecified atom stereocenters. The van der Waals surface area contributed by atoms with E-state index in [1.807, 2.05) is 24.3 Å². The van der Waals surface area contributed by atoms with Crippen LogP contribution in [0, 0.1) is 0 Å². The largest absolute Gasteiger partial charge is 0.497 e. The van der Waals surface area contributed by atoms with Gasteiger partial charge in [0.25, 0.3) is 11.7 Å². The Kier molecular flexibility index (Phi) is 5.34. The van der Waals surface area contributed by atoms with E-state index in [9.17, 15) is 18.0 Å². The lowest BCUT2D eigenvalue weighted by atomic mass is 10.2. The number of ether oxygens (including phenoxy) is 1. The minimum absolute atomic E-state index is 0.0527. The van der Waals surface area contributed by atoms with Crippen molar-refractivity contribution in [3.05, 3.63) is 60.2 Å². The molecule has 176 valence electrons. The van der Waals surface area contributed by atoms with Crippen molar-refractivity contribution in [2.24, 2.45) is 0 Å². The first-order chi connectivity index (χ1) is 16.3. The van der Waals surface area contributed by atoms with Crippen LogP contribution in [0.5, 0.6) is 5.75 Å². The van der Waals surface area contributed by atoms with Crippen LogP contribution >= 0.6 is 0 Å². The van der Waals surface area contributed by atoms with Crippen LogP contribution in [0.1, 0.15) is 16.3 Å². The zero-order valence-corrected chi connectivity index (χ0v) is 18.0. The first kappa shape index (κ1) is 21.7. The maximum Gasteiger partial charge on any atom is 0.433 e. The average molecular weight is 472 g/mol. The minimum atomic E-state index is -4.74. The van der Waals surface area contributed by atoms with Gasteiger partial charge in [0.05, 0.1) is 13.4 Å². The van der Waals surface area contributed by atoms with Crippen LogP contribution in [0.2, 0.25) is 0 Å². The molecule has 1 amide bonds. The van der Waals surface area contributed by atoms with Gasteiger partial charge in [-0.15, -0.1) is 5.10 Å². The normalized spacial score (nSPS) is 14.6. The molecule has 3 aromatic heterocycles. The number of hydrogen-bond acceptors (Lipinski definition) is 7. The van der Waals surface area contributed by atoms with Crippen molar-refractivity contribution >= 4 is 17.4 Å². The summed E-state index contributed by atoms with van der Waals surface area (Å²) in [6.45, 7) is 1.81. The van der Waals surface area contributed by atoms with Gasteiger partial charge >= 0.3 is 6.18 Å². The summed E-state index contributed by atoms with van der Waals surface area (Å²) < 4.78 is 52.1. The molecule has 1 saturated heterocycles. The number of furan rings is 1. The van der Waals surface area contributed by atoms with Crippen molar-refractivity contribution in [1.82, 2.24) is 24.5 Å². The number of benzene rings is 1. The summed E-state index contributed by atoms with van der Waals surface area (Å²) >= 11 is 0. The summed E-state index contributed by atoms with van der Waals surface area (Å²) in [6.07, 6.45) is -3.41. The van der Waals surface area contributed by atoms with Gasteiger partial charge in [0.1, 0.15) is 11.4 Å². The van der Waals surface area contributed by atoms with Gasteiger partial charge in [-0.2, -0.15) is 22.7 Å². The van der Waals surface area contributed by atoms with E-state index in [4.69, 9.17) is 9.15 Å². The van der Waals surface area contributed by atoms with Crippen LogP contribution in [0.25, 0.3) is 17.2 Å². The highest BCUT2D eigenvalue weighted by Crippen LogP contribution is 2.32. The second-order valence-electron chi connectivity index (χ2n) is 7.63. The summed E-state index contributed by atoms with van der Waals surface area (Å²) in [4.78, 5) is 24.8. The molecule has 12 heteroatoms. The lowest BCUT2D eigenvalue weighted by Gasteiger charge is -2.35. The summed E-state index contributed by atoms with van der Waals surface area (Å²) in [5.74, 6) is -0.350. The molecule has 5 rings (SSSR count). The molecule has 9 nitrogen and oxygen atoms in total. The van der Waals surface area contributed by atoms with Crippen LogP contribution in [0.3, 0.4) is 0 Å². The molecule has 4 aromatic rings. The Bertz CT molecular complexity index is 1330. The van der Waals surface area contributed by atoms with E-state index in [1.54, 1.807) is 13.2 Å². The highest BCUT2D eigenvalue weighted by atomic mass is 19.4. The molecule has 4 heterocycles. The van der Waals surface area contributed by atoms with Crippen LogP contribution < -0.4 is 9.64 Å². The standard InChI is InChI=1S/C22H19F3N6O3/c1-33-15-5-2-4-14(12-15)29-7-9-30(10-8-29)20(32)19-27-21-26-16(17-6-3-11-34-17)13-18(22(23,24)25)31(21)28-19/h2-6,11-13H,7-10H2,1H3.